The van der Waals surface area contributed by atoms with Crippen molar-refractivity contribution in [3.63, 3.8) is 0 Å². The van der Waals surface area contributed by atoms with E-state index in [9.17, 15) is 9.59 Å². The molecular formula is C17H17ClN2O3. The van der Waals surface area contributed by atoms with Crippen LogP contribution in [0.4, 0.5) is 0 Å². The van der Waals surface area contributed by atoms with E-state index in [1.165, 1.54) is 0 Å². The molecule has 0 saturated heterocycles. The summed E-state index contributed by atoms with van der Waals surface area (Å²) < 4.78 is 5.60. The van der Waals surface area contributed by atoms with Crippen molar-refractivity contribution in [2.45, 2.75) is 18.9 Å². The lowest BCUT2D eigenvalue weighted by atomic mass is 10.1. The van der Waals surface area contributed by atoms with E-state index in [0.717, 1.165) is 18.4 Å². The standard InChI is InChI=1S/C17H17ClN2O3/c1-19-17(22)15(11-2-3-11)20-16(21)14-9-8-13(23-14)10-4-6-12(18)7-5-10/h4-9,11,15H,2-3H2,1H3,(H,19,22)(H,20,21). The van der Waals surface area contributed by atoms with Gasteiger partial charge in [-0.05, 0) is 55.2 Å². The van der Waals surface area contributed by atoms with Crippen molar-refractivity contribution in [1.29, 1.82) is 0 Å². The number of halogens is 1. The quantitative estimate of drug-likeness (QED) is 0.884. The summed E-state index contributed by atoms with van der Waals surface area (Å²) in [5.74, 6) is 0.417. The Morgan fingerprint density at radius 3 is 2.48 bits per heavy atom. The molecule has 1 fully saturated rings. The van der Waals surface area contributed by atoms with Crippen LogP contribution in [0.3, 0.4) is 0 Å². The topological polar surface area (TPSA) is 71.3 Å². The fourth-order valence-electron chi connectivity index (χ4n) is 2.42. The second-order valence-electron chi connectivity index (χ2n) is 5.57. The summed E-state index contributed by atoms with van der Waals surface area (Å²) in [7, 11) is 1.56. The molecule has 0 bridgehead atoms. The lowest BCUT2D eigenvalue weighted by Gasteiger charge is -2.15. The van der Waals surface area contributed by atoms with Crippen molar-refractivity contribution in [2.24, 2.45) is 5.92 Å². The van der Waals surface area contributed by atoms with E-state index in [0.29, 0.717) is 10.8 Å². The molecule has 1 aliphatic carbocycles. The number of likely N-dealkylation sites (N-methyl/N-ethyl adjacent to an activating group) is 1. The maximum Gasteiger partial charge on any atom is 0.287 e. The van der Waals surface area contributed by atoms with Crippen LogP contribution in [0.15, 0.2) is 40.8 Å². The Kier molecular flexibility index (Phi) is 4.39. The van der Waals surface area contributed by atoms with Crippen molar-refractivity contribution in [3.05, 3.63) is 47.2 Å². The van der Waals surface area contributed by atoms with Gasteiger partial charge < -0.3 is 15.1 Å². The Morgan fingerprint density at radius 1 is 1.17 bits per heavy atom. The van der Waals surface area contributed by atoms with Gasteiger partial charge in [-0.2, -0.15) is 0 Å². The van der Waals surface area contributed by atoms with E-state index in [1.54, 1.807) is 31.3 Å². The molecule has 2 amide bonds. The highest BCUT2D eigenvalue weighted by Crippen LogP contribution is 2.33. The monoisotopic (exact) mass is 332 g/mol. The SMILES string of the molecule is CNC(=O)C(NC(=O)c1ccc(-c2ccc(Cl)cc2)o1)C1CC1. The van der Waals surface area contributed by atoms with Gasteiger partial charge in [0.1, 0.15) is 11.8 Å². The molecule has 120 valence electrons. The van der Waals surface area contributed by atoms with Crippen molar-refractivity contribution in [2.75, 3.05) is 7.05 Å². The third-order valence-corrected chi connectivity index (χ3v) is 4.12. The lowest BCUT2D eigenvalue weighted by Crippen LogP contribution is -2.47. The van der Waals surface area contributed by atoms with Crippen LogP contribution in [0.5, 0.6) is 0 Å². The zero-order chi connectivity index (χ0) is 16.4. The minimum atomic E-state index is -0.503. The zero-order valence-electron chi connectivity index (χ0n) is 12.6. The smallest absolute Gasteiger partial charge is 0.287 e. The predicted molar refractivity (Wildman–Crippen MR) is 87.2 cm³/mol. The fourth-order valence-corrected chi connectivity index (χ4v) is 2.55. The fraction of sp³-hybridized carbons (Fsp3) is 0.294. The van der Waals surface area contributed by atoms with Crippen LogP contribution in [0.25, 0.3) is 11.3 Å². The van der Waals surface area contributed by atoms with Gasteiger partial charge in [-0.3, -0.25) is 9.59 Å². The lowest BCUT2D eigenvalue weighted by molar-refractivity contribution is -0.122. The Morgan fingerprint density at radius 2 is 1.87 bits per heavy atom. The molecule has 23 heavy (non-hydrogen) atoms. The van der Waals surface area contributed by atoms with Gasteiger partial charge in [0.25, 0.3) is 5.91 Å². The second-order valence-corrected chi connectivity index (χ2v) is 6.01. The van der Waals surface area contributed by atoms with Crippen molar-refractivity contribution in [3.8, 4) is 11.3 Å². The van der Waals surface area contributed by atoms with Gasteiger partial charge in [0.15, 0.2) is 5.76 Å². The molecule has 3 rings (SSSR count). The number of hydrogen-bond donors (Lipinski definition) is 2. The Hall–Kier alpha value is -2.27. The van der Waals surface area contributed by atoms with Crippen molar-refractivity contribution >= 4 is 23.4 Å². The van der Waals surface area contributed by atoms with E-state index in [-0.39, 0.29) is 23.5 Å². The molecule has 1 atom stereocenters. The number of carbonyl (C=O) groups is 2. The van der Waals surface area contributed by atoms with Gasteiger partial charge in [0.05, 0.1) is 0 Å². The maximum atomic E-state index is 12.3. The normalized spacial score (nSPS) is 15.0. The molecule has 1 aromatic carbocycles. The van der Waals surface area contributed by atoms with E-state index in [4.69, 9.17) is 16.0 Å². The van der Waals surface area contributed by atoms with Crippen LogP contribution in [0, 0.1) is 5.92 Å². The van der Waals surface area contributed by atoms with E-state index >= 15 is 0 Å². The van der Waals surface area contributed by atoms with Crippen molar-refractivity contribution < 1.29 is 14.0 Å². The summed E-state index contributed by atoms with van der Waals surface area (Å²) in [6, 6.07) is 9.98. The van der Waals surface area contributed by atoms with Crippen LogP contribution in [-0.4, -0.2) is 24.9 Å². The number of benzene rings is 1. The molecule has 0 radical (unpaired) electrons. The van der Waals surface area contributed by atoms with Crippen LogP contribution in [0.2, 0.25) is 5.02 Å². The average molecular weight is 333 g/mol. The minimum Gasteiger partial charge on any atom is -0.451 e. The second kappa shape index (κ2) is 6.46. The number of hydrogen-bond acceptors (Lipinski definition) is 3. The molecule has 6 heteroatoms. The molecule has 2 N–H and O–H groups in total. The Labute approximate surface area is 139 Å². The molecule has 1 saturated carbocycles. The third kappa shape index (κ3) is 3.56. The molecule has 1 aromatic heterocycles. The van der Waals surface area contributed by atoms with Gasteiger partial charge in [-0.15, -0.1) is 0 Å². The first-order valence-corrected chi connectivity index (χ1v) is 7.84. The van der Waals surface area contributed by atoms with Gasteiger partial charge >= 0.3 is 0 Å². The Bertz CT molecular complexity index is 720. The van der Waals surface area contributed by atoms with E-state index in [1.807, 2.05) is 12.1 Å². The molecule has 5 nitrogen and oxygen atoms in total. The molecule has 0 aliphatic heterocycles. The zero-order valence-corrected chi connectivity index (χ0v) is 13.4. The number of carbonyl (C=O) groups excluding carboxylic acids is 2. The summed E-state index contributed by atoms with van der Waals surface area (Å²) in [5.41, 5.74) is 0.832. The maximum absolute atomic E-state index is 12.3. The number of amides is 2. The summed E-state index contributed by atoms with van der Waals surface area (Å²) in [6.07, 6.45) is 1.90. The van der Waals surface area contributed by atoms with Gasteiger partial charge in [-0.1, -0.05) is 11.6 Å². The first-order chi connectivity index (χ1) is 11.1. The first-order valence-electron chi connectivity index (χ1n) is 7.46. The summed E-state index contributed by atoms with van der Waals surface area (Å²) >= 11 is 5.86. The van der Waals surface area contributed by atoms with Gasteiger partial charge in [-0.25, -0.2) is 0 Å². The molecule has 2 aromatic rings. The number of rotatable bonds is 5. The molecule has 1 heterocycles. The first kappa shape index (κ1) is 15.6. The summed E-state index contributed by atoms with van der Waals surface area (Å²) in [6.45, 7) is 0. The van der Waals surface area contributed by atoms with Crippen LogP contribution < -0.4 is 10.6 Å². The molecule has 1 aliphatic rings. The highest BCUT2D eigenvalue weighted by atomic mass is 35.5. The van der Waals surface area contributed by atoms with E-state index < -0.39 is 6.04 Å². The average Bonchev–Trinajstić information content (AvgIpc) is 3.28. The highest BCUT2D eigenvalue weighted by Gasteiger charge is 2.37. The van der Waals surface area contributed by atoms with Crippen molar-refractivity contribution in [1.82, 2.24) is 10.6 Å². The van der Waals surface area contributed by atoms with Crippen LogP contribution >= 0.6 is 11.6 Å². The largest absolute Gasteiger partial charge is 0.451 e. The Balaban J connectivity index is 1.73. The summed E-state index contributed by atoms with van der Waals surface area (Å²) in [4.78, 5) is 24.2. The van der Waals surface area contributed by atoms with Gasteiger partial charge in [0.2, 0.25) is 5.91 Å². The summed E-state index contributed by atoms with van der Waals surface area (Å²) in [5, 5.41) is 5.97. The van der Waals surface area contributed by atoms with E-state index in [2.05, 4.69) is 10.6 Å². The highest BCUT2D eigenvalue weighted by molar-refractivity contribution is 6.30. The van der Waals surface area contributed by atoms with Crippen LogP contribution in [-0.2, 0) is 4.79 Å². The minimum absolute atomic E-state index is 0.176. The number of furan rings is 1. The predicted octanol–water partition coefficient (Wildman–Crippen LogP) is 2.85. The third-order valence-electron chi connectivity index (χ3n) is 3.87. The molecule has 0 spiro atoms. The molecule has 1 unspecified atom stereocenters. The molecular weight excluding hydrogens is 316 g/mol. The van der Waals surface area contributed by atoms with Gasteiger partial charge in [0, 0.05) is 17.6 Å². The van der Waals surface area contributed by atoms with Crippen LogP contribution in [0.1, 0.15) is 23.4 Å². The number of nitrogens with one attached hydrogen (secondary N) is 2.